The number of ether oxygens (including phenoxy) is 4. The van der Waals surface area contributed by atoms with Gasteiger partial charge >= 0.3 is 18.1 Å². The molecule has 8 rings (SSSR count). The number of primary amides is 1. The number of nitrogens with two attached hydrogens (primary N) is 1. The molecule has 5 aromatic carbocycles. The summed E-state index contributed by atoms with van der Waals surface area (Å²) in [5.41, 5.74) is 6.05. The molecule has 3 aliphatic heterocycles. The number of amides is 5. The summed E-state index contributed by atoms with van der Waals surface area (Å²) >= 11 is 0. The Morgan fingerprint density at radius 3 is 2.15 bits per heavy atom. The third kappa shape index (κ3) is 8.93. The number of carbonyl (C=O) groups excluding carboxylic acids is 5. The van der Waals surface area contributed by atoms with Crippen LogP contribution in [0.5, 0.6) is 5.75 Å². The van der Waals surface area contributed by atoms with Gasteiger partial charge in [-0.3, -0.25) is 19.3 Å². The summed E-state index contributed by atoms with van der Waals surface area (Å²) < 4.78 is 23.0. The molecule has 2 saturated heterocycles. The number of benzene rings is 5. The van der Waals surface area contributed by atoms with Crippen LogP contribution < -0.4 is 26.0 Å². The summed E-state index contributed by atoms with van der Waals surface area (Å²) in [4.78, 5) is 75.8. The zero-order valence-electron chi connectivity index (χ0n) is 36.4. The van der Waals surface area contributed by atoms with Gasteiger partial charge in [-0.15, -0.1) is 0 Å². The zero-order valence-corrected chi connectivity index (χ0v) is 36.4. The van der Waals surface area contributed by atoms with Crippen LogP contribution in [-0.2, 0) is 34.0 Å². The Labute approximate surface area is 386 Å². The van der Waals surface area contributed by atoms with Crippen LogP contribution in [0.3, 0.4) is 0 Å². The number of carbonyl (C=O) groups is 5. The Balaban J connectivity index is 1.42. The lowest BCUT2D eigenvalue weighted by Gasteiger charge is -2.46. The molecule has 6 N–H and O–H groups in total. The Hall–Kier alpha value is -7.55. The first-order valence-corrected chi connectivity index (χ1v) is 21.7. The maximum absolute atomic E-state index is 16.3. The second-order valence-electron chi connectivity index (χ2n) is 16.1. The van der Waals surface area contributed by atoms with Gasteiger partial charge in [0.25, 0.3) is 0 Å². The number of nitrogens with zero attached hydrogens (tertiary/aromatic N) is 2. The molecular weight excluding hydrogens is 859 g/mol. The van der Waals surface area contributed by atoms with Crippen molar-refractivity contribution >= 4 is 35.6 Å². The lowest BCUT2D eigenvalue weighted by molar-refractivity contribution is -0.178. The smallest absolute Gasteiger partial charge is 0.421 e. The minimum Gasteiger partial charge on any atom is -0.491 e. The molecule has 0 aliphatic carbocycles. The van der Waals surface area contributed by atoms with Gasteiger partial charge in [0.05, 0.1) is 49.6 Å². The number of aliphatic hydroxyl groups is 2. The number of imide groups is 1. The van der Waals surface area contributed by atoms with Crippen molar-refractivity contribution in [1.82, 2.24) is 15.5 Å². The van der Waals surface area contributed by atoms with E-state index >= 15 is 14.4 Å². The van der Waals surface area contributed by atoms with Gasteiger partial charge in [0.1, 0.15) is 36.5 Å². The van der Waals surface area contributed by atoms with E-state index in [9.17, 15) is 19.8 Å². The van der Waals surface area contributed by atoms with E-state index in [4.69, 9.17) is 24.7 Å². The summed E-state index contributed by atoms with van der Waals surface area (Å²) in [5.74, 6) is 2.14. The van der Waals surface area contributed by atoms with Crippen molar-refractivity contribution in [3.05, 3.63) is 167 Å². The summed E-state index contributed by atoms with van der Waals surface area (Å²) in [6, 6.07) is 34.3. The van der Waals surface area contributed by atoms with Crippen molar-refractivity contribution in [2.45, 2.75) is 35.7 Å². The number of hydrogen-bond acceptors (Lipinski definition) is 12. The lowest BCUT2D eigenvalue weighted by Crippen LogP contribution is -2.56. The number of nitrogens with one attached hydrogen (secondary N) is 2. The molecule has 0 radical (unpaired) electrons. The van der Waals surface area contributed by atoms with Gasteiger partial charge in [-0.2, -0.15) is 0 Å². The number of morpholine rings is 1. The van der Waals surface area contributed by atoms with E-state index in [0.717, 1.165) is 4.90 Å². The molecular formula is C51H49N5O11. The zero-order chi connectivity index (χ0) is 47.1. The number of cyclic esters (lactones) is 1. The molecule has 67 heavy (non-hydrogen) atoms. The summed E-state index contributed by atoms with van der Waals surface area (Å²) in [5, 5.41) is 26.2. The van der Waals surface area contributed by atoms with E-state index in [1.54, 1.807) is 66.7 Å². The Bertz CT molecular complexity index is 2660. The van der Waals surface area contributed by atoms with Crippen LogP contribution in [0.15, 0.2) is 133 Å². The van der Waals surface area contributed by atoms with E-state index in [-0.39, 0.29) is 50.8 Å². The number of esters is 1. The molecule has 344 valence electrons. The first-order chi connectivity index (χ1) is 32.6. The second kappa shape index (κ2) is 20.3. The molecule has 0 saturated carbocycles. The molecule has 5 aromatic rings. The van der Waals surface area contributed by atoms with Crippen molar-refractivity contribution in [2.24, 2.45) is 11.7 Å². The molecule has 1 spiro atoms. The third-order valence-corrected chi connectivity index (χ3v) is 12.2. The topological polar surface area (TPSA) is 219 Å². The molecule has 0 bridgehead atoms. The number of hydrogen-bond donors (Lipinski definition) is 5. The molecule has 16 nitrogen and oxygen atoms in total. The van der Waals surface area contributed by atoms with Gasteiger partial charge in [-0.1, -0.05) is 115 Å². The summed E-state index contributed by atoms with van der Waals surface area (Å²) in [7, 11) is 1.43. The molecule has 2 fully saturated rings. The minimum atomic E-state index is -2.14. The summed E-state index contributed by atoms with van der Waals surface area (Å²) in [6.45, 7) is -0.861. The van der Waals surface area contributed by atoms with Crippen LogP contribution in [0.2, 0.25) is 0 Å². The van der Waals surface area contributed by atoms with Crippen molar-refractivity contribution in [1.29, 1.82) is 0 Å². The second-order valence-corrected chi connectivity index (χ2v) is 16.1. The first-order valence-electron chi connectivity index (χ1n) is 21.7. The van der Waals surface area contributed by atoms with Gasteiger partial charge in [0.2, 0.25) is 11.8 Å². The predicted molar refractivity (Wildman–Crippen MR) is 243 cm³/mol. The van der Waals surface area contributed by atoms with Crippen molar-refractivity contribution in [3.63, 3.8) is 0 Å². The fraction of sp³-hybridized carbons (Fsp3) is 0.275. The standard InChI is InChI=1S/C51H49N5O11/c1-64-28-29-66-50(63)55-39-24-19-32(12-11-25-53-49(52)62)30-38(39)51(48(55)61)41(46(59)54-31-40(58)33-13-5-2-6-14-33)43-47(60)67-44(35-17-9-4-10-18-35)42(34-15-7-3-8-16-34)56(43)45(51)36-20-22-37(23-21-36)65-27-26-57/h2-10,13-24,30,40-45,57-58H,25-29,31H2,1H3,(H,54,59)(H3,52,53,62)/t40-,41-,42-,43-,44+,45+,51-/m0/s1. The normalized spacial score (nSPS) is 22.1. The third-order valence-electron chi connectivity index (χ3n) is 12.2. The maximum Gasteiger partial charge on any atom is 0.421 e. The molecule has 16 heteroatoms. The minimum absolute atomic E-state index is 0.00342. The maximum atomic E-state index is 16.3. The van der Waals surface area contributed by atoms with Crippen LogP contribution in [0.1, 0.15) is 57.7 Å². The van der Waals surface area contributed by atoms with E-state index in [0.29, 0.717) is 33.6 Å². The number of rotatable bonds is 14. The van der Waals surface area contributed by atoms with Crippen molar-refractivity contribution in [2.75, 3.05) is 51.5 Å². The highest BCUT2D eigenvalue weighted by molar-refractivity contribution is 6.23. The lowest BCUT2D eigenvalue weighted by atomic mass is 9.65. The van der Waals surface area contributed by atoms with Crippen LogP contribution in [0, 0.1) is 17.8 Å². The highest BCUT2D eigenvalue weighted by atomic mass is 16.6. The number of fused-ring (bicyclic) bond motifs is 3. The van der Waals surface area contributed by atoms with Gasteiger partial charge in [0.15, 0.2) is 0 Å². The molecule has 0 aromatic heterocycles. The highest BCUT2D eigenvalue weighted by Crippen LogP contribution is 2.66. The first kappa shape index (κ1) is 46.0. The Kier molecular flexibility index (Phi) is 13.9. The monoisotopic (exact) mass is 907 g/mol. The predicted octanol–water partition coefficient (Wildman–Crippen LogP) is 4.38. The van der Waals surface area contributed by atoms with Gasteiger partial charge in [-0.05, 0) is 58.1 Å². The number of anilines is 1. The number of methoxy groups -OCH3 is 1. The molecule has 3 aliphatic rings. The van der Waals surface area contributed by atoms with E-state index in [1.165, 1.54) is 13.2 Å². The SMILES string of the molecule is COCCOC(=O)N1C(=O)[C@@]2(c3cc(C#CCNC(N)=O)ccc31)[C@H](C(=O)NC[C@H](O)c1ccccc1)[C@H]1C(=O)O[C@H](c3ccccc3)[C@H](c3ccccc3)N1[C@@H]2c1ccc(OCCO)cc1. The Morgan fingerprint density at radius 2 is 1.49 bits per heavy atom. The molecule has 3 heterocycles. The van der Waals surface area contributed by atoms with E-state index in [1.807, 2.05) is 65.6 Å². The van der Waals surface area contributed by atoms with E-state index < -0.39 is 71.6 Å². The fourth-order valence-corrected chi connectivity index (χ4v) is 9.53. The van der Waals surface area contributed by atoms with Crippen molar-refractivity contribution < 1.29 is 53.1 Å². The number of urea groups is 1. The van der Waals surface area contributed by atoms with E-state index in [2.05, 4.69) is 22.5 Å². The average Bonchev–Trinajstić information content (AvgIpc) is 3.81. The van der Waals surface area contributed by atoms with Gasteiger partial charge in [-0.25, -0.2) is 14.5 Å². The number of aliphatic hydroxyl groups excluding tert-OH is 2. The molecule has 0 unspecified atom stereocenters. The van der Waals surface area contributed by atoms with Crippen LogP contribution in [0.25, 0.3) is 0 Å². The Morgan fingerprint density at radius 1 is 0.821 bits per heavy atom. The van der Waals surface area contributed by atoms with Crippen LogP contribution in [0.4, 0.5) is 15.3 Å². The molecule has 5 amide bonds. The quantitative estimate of drug-likeness (QED) is 0.0596. The largest absolute Gasteiger partial charge is 0.491 e. The fourth-order valence-electron chi connectivity index (χ4n) is 9.53. The van der Waals surface area contributed by atoms with Gasteiger partial charge in [0, 0.05) is 19.2 Å². The molecule has 7 atom stereocenters. The van der Waals surface area contributed by atoms with Crippen LogP contribution in [-0.4, -0.2) is 97.7 Å². The average molecular weight is 908 g/mol. The summed E-state index contributed by atoms with van der Waals surface area (Å²) in [6.07, 6.45) is -3.21. The van der Waals surface area contributed by atoms with Crippen LogP contribution >= 0.6 is 0 Å². The van der Waals surface area contributed by atoms with Crippen molar-refractivity contribution in [3.8, 4) is 17.6 Å². The highest BCUT2D eigenvalue weighted by Gasteiger charge is 2.75. The van der Waals surface area contributed by atoms with Gasteiger partial charge < -0.3 is 45.5 Å².